The first-order valence-electron chi connectivity index (χ1n) is 10.8. The average molecular weight is 449 g/mol. The molecule has 1 atom stereocenters. The Morgan fingerprint density at radius 3 is 2.56 bits per heavy atom. The number of carbonyl (C=O) groups is 2. The third kappa shape index (κ3) is 4.00. The van der Waals surface area contributed by atoms with Crippen LogP contribution in [0.4, 0.5) is 11.4 Å². The summed E-state index contributed by atoms with van der Waals surface area (Å²) < 4.78 is 0. The molecule has 1 unspecified atom stereocenters. The van der Waals surface area contributed by atoms with Gasteiger partial charge in [0.1, 0.15) is 6.04 Å². The van der Waals surface area contributed by atoms with E-state index in [0.29, 0.717) is 10.8 Å². The number of rotatable bonds is 6. The van der Waals surface area contributed by atoms with Gasteiger partial charge in [0.05, 0.1) is 12.1 Å². The molecule has 1 aliphatic heterocycles. The Kier molecular flexibility index (Phi) is 5.77. The quantitative estimate of drug-likeness (QED) is 0.521. The number of benzene rings is 2. The molecule has 0 bridgehead atoms. The van der Waals surface area contributed by atoms with Crippen molar-refractivity contribution < 1.29 is 9.59 Å². The summed E-state index contributed by atoms with van der Waals surface area (Å²) in [5.74, 6) is -0.393. The third-order valence-electron chi connectivity index (χ3n) is 6.24. The highest BCUT2D eigenvalue weighted by Crippen LogP contribution is 2.34. The Labute approximate surface area is 193 Å². The summed E-state index contributed by atoms with van der Waals surface area (Å²) in [7, 11) is 0. The number of hydrogen-bond donors (Lipinski definition) is 2. The highest BCUT2D eigenvalue weighted by Gasteiger charge is 2.49. The van der Waals surface area contributed by atoms with Crippen LogP contribution in [0.1, 0.15) is 39.2 Å². The smallest absolute Gasteiger partial charge is 0.256 e. The van der Waals surface area contributed by atoms with Gasteiger partial charge in [-0.15, -0.1) is 0 Å². The number of amides is 2. The highest BCUT2D eigenvalue weighted by atomic mass is 32.1. The lowest BCUT2D eigenvalue weighted by Crippen LogP contribution is -2.50. The molecular weight excluding hydrogens is 420 g/mol. The summed E-state index contributed by atoms with van der Waals surface area (Å²) in [6.07, 6.45) is 2.66. The molecule has 32 heavy (non-hydrogen) atoms. The molecular formula is C25H28N4O2S. The summed E-state index contributed by atoms with van der Waals surface area (Å²) in [6, 6.07) is 14.7. The maximum atomic E-state index is 13.5. The maximum Gasteiger partial charge on any atom is 0.256 e. The molecule has 166 valence electrons. The van der Waals surface area contributed by atoms with Gasteiger partial charge in [0.2, 0.25) is 5.91 Å². The first kappa shape index (κ1) is 22.0. The molecule has 2 N–H and O–H groups in total. The van der Waals surface area contributed by atoms with E-state index < -0.39 is 6.04 Å². The summed E-state index contributed by atoms with van der Waals surface area (Å²) in [6.45, 7) is 8.16. The number of carbonyl (C=O) groups excluding carboxylic acids is 2. The molecule has 2 heterocycles. The molecule has 2 amide bonds. The van der Waals surface area contributed by atoms with Gasteiger partial charge in [-0.25, -0.2) is 0 Å². The average Bonchev–Trinajstić information content (AvgIpc) is 3.31. The minimum absolute atomic E-state index is 0.0214. The number of thiocarbonyl (C=S) groups is 1. The van der Waals surface area contributed by atoms with Crippen molar-refractivity contribution in [3.05, 3.63) is 60.3 Å². The zero-order valence-electron chi connectivity index (χ0n) is 18.8. The molecule has 0 saturated carbocycles. The van der Waals surface area contributed by atoms with E-state index in [1.807, 2.05) is 66.6 Å². The van der Waals surface area contributed by atoms with Crippen LogP contribution in [0, 0.1) is 6.92 Å². The predicted molar refractivity (Wildman–Crippen MR) is 133 cm³/mol. The predicted octanol–water partition coefficient (Wildman–Crippen LogP) is 5.00. The molecule has 1 fully saturated rings. The Morgan fingerprint density at radius 1 is 1.16 bits per heavy atom. The van der Waals surface area contributed by atoms with Gasteiger partial charge < -0.3 is 15.2 Å². The number of H-pyrrole nitrogens is 1. The van der Waals surface area contributed by atoms with Gasteiger partial charge in [0.25, 0.3) is 5.91 Å². The molecule has 0 radical (unpaired) electrons. The largest absolute Gasteiger partial charge is 0.361 e. The minimum atomic E-state index is -0.659. The number of aryl methyl sites for hydroxylation is 1. The van der Waals surface area contributed by atoms with Gasteiger partial charge in [-0.3, -0.25) is 14.5 Å². The van der Waals surface area contributed by atoms with E-state index in [-0.39, 0.29) is 23.8 Å². The summed E-state index contributed by atoms with van der Waals surface area (Å²) in [5, 5.41) is 4.45. The fourth-order valence-electron chi connectivity index (χ4n) is 4.07. The van der Waals surface area contributed by atoms with Crippen LogP contribution >= 0.6 is 12.2 Å². The van der Waals surface area contributed by atoms with E-state index in [1.54, 1.807) is 4.90 Å². The number of aromatic nitrogens is 1. The molecule has 1 aromatic heterocycles. The second-order valence-electron chi connectivity index (χ2n) is 8.88. The molecule has 6 nitrogen and oxygen atoms in total. The first-order chi connectivity index (χ1) is 15.2. The second kappa shape index (κ2) is 8.39. The van der Waals surface area contributed by atoms with Crippen molar-refractivity contribution in [2.24, 2.45) is 0 Å². The van der Waals surface area contributed by atoms with Gasteiger partial charge >= 0.3 is 0 Å². The SMILES string of the molecule is CCC(C)(C)N1C(=S)N(c2ccc(C)cc2)C(=O)C1CC(=O)Nc1ccc2cc[nH]c2c1. The van der Waals surface area contributed by atoms with Crippen LogP contribution in [0.15, 0.2) is 54.7 Å². The van der Waals surface area contributed by atoms with Crippen LogP contribution in [-0.2, 0) is 9.59 Å². The van der Waals surface area contributed by atoms with E-state index in [2.05, 4.69) is 31.1 Å². The fourth-order valence-corrected chi connectivity index (χ4v) is 4.64. The Hall–Kier alpha value is -3.19. The van der Waals surface area contributed by atoms with Gasteiger partial charge in [0.15, 0.2) is 5.11 Å². The zero-order chi connectivity index (χ0) is 23.0. The van der Waals surface area contributed by atoms with Crippen LogP contribution in [0.3, 0.4) is 0 Å². The standard InChI is InChI=1S/C25H28N4O2S/c1-5-25(3,4)29-21(23(31)28(24(29)32)19-10-6-16(2)7-11-19)15-22(30)27-18-9-8-17-12-13-26-20(17)14-18/h6-14,21,26H,5,15H2,1-4H3,(H,27,30). The van der Waals surface area contributed by atoms with Crippen molar-refractivity contribution in [3.8, 4) is 0 Å². The van der Waals surface area contributed by atoms with Gasteiger partial charge in [-0.1, -0.05) is 30.7 Å². The Morgan fingerprint density at radius 2 is 1.88 bits per heavy atom. The number of fused-ring (bicyclic) bond motifs is 1. The Balaban J connectivity index is 1.60. The maximum absolute atomic E-state index is 13.5. The number of nitrogens with zero attached hydrogens (tertiary/aromatic N) is 2. The van der Waals surface area contributed by atoms with Gasteiger partial charge in [0, 0.05) is 22.9 Å². The van der Waals surface area contributed by atoms with E-state index in [4.69, 9.17) is 12.2 Å². The van der Waals surface area contributed by atoms with Crippen LogP contribution in [0.25, 0.3) is 10.9 Å². The fraction of sp³-hybridized carbons (Fsp3) is 0.320. The Bertz CT molecular complexity index is 1180. The number of aromatic amines is 1. The van der Waals surface area contributed by atoms with E-state index >= 15 is 0 Å². The first-order valence-corrected chi connectivity index (χ1v) is 11.2. The van der Waals surface area contributed by atoms with Crippen molar-refractivity contribution in [3.63, 3.8) is 0 Å². The lowest BCUT2D eigenvalue weighted by atomic mass is 9.97. The number of nitrogens with one attached hydrogen (secondary N) is 2. The van der Waals surface area contributed by atoms with Crippen LogP contribution < -0.4 is 10.2 Å². The molecule has 2 aromatic carbocycles. The molecule has 1 saturated heterocycles. The number of anilines is 2. The topological polar surface area (TPSA) is 68.4 Å². The van der Waals surface area contributed by atoms with E-state index in [9.17, 15) is 9.59 Å². The van der Waals surface area contributed by atoms with Gasteiger partial charge in [-0.05, 0) is 75.1 Å². The molecule has 3 aromatic rings. The minimum Gasteiger partial charge on any atom is -0.361 e. The lowest BCUT2D eigenvalue weighted by molar-refractivity contribution is -0.125. The zero-order valence-corrected chi connectivity index (χ0v) is 19.6. The summed E-state index contributed by atoms with van der Waals surface area (Å²) >= 11 is 5.77. The van der Waals surface area contributed by atoms with Gasteiger partial charge in [-0.2, -0.15) is 0 Å². The van der Waals surface area contributed by atoms with Crippen molar-refractivity contribution in [1.82, 2.24) is 9.88 Å². The van der Waals surface area contributed by atoms with Crippen LogP contribution in [-0.4, -0.2) is 38.4 Å². The number of hydrogen-bond acceptors (Lipinski definition) is 3. The summed E-state index contributed by atoms with van der Waals surface area (Å²) in [5.41, 5.74) is 3.09. The molecule has 0 aliphatic carbocycles. The highest BCUT2D eigenvalue weighted by molar-refractivity contribution is 7.80. The molecule has 0 spiro atoms. The molecule has 4 rings (SSSR count). The second-order valence-corrected chi connectivity index (χ2v) is 9.24. The van der Waals surface area contributed by atoms with Crippen molar-refractivity contribution in [2.75, 3.05) is 10.2 Å². The normalized spacial score (nSPS) is 16.8. The van der Waals surface area contributed by atoms with E-state index in [1.165, 1.54) is 0 Å². The lowest BCUT2D eigenvalue weighted by Gasteiger charge is -2.39. The molecule has 7 heteroatoms. The monoisotopic (exact) mass is 448 g/mol. The summed E-state index contributed by atoms with van der Waals surface area (Å²) in [4.78, 5) is 33.1. The third-order valence-corrected chi connectivity index (χ3v) is 6.62. The van der Waals surface area contributed by atoms with Crippen LogP contribution in [0.5, 0.6) is 0 Å². The molecule has 1 aliphatic rings. The van der Waals surface area contributed by atoms with Crippen molar-refractivity contribution in [2.45, 2.75) is 52.1 Å². The van der Waals surface area contributed by atoms with Crippen LogP contribution in [0.2, 0.25) is 0 Å². The van der Waals surface area contributed by atoms with Crippen molar-refractivity contribution in [1.29, 1.82) is 0 Å². The van der Waals surface area contributed by atoms with Crippen molar-refractivity contribution >= 4 is 51.4 Å². The van der Waals surface area contributed by atoms with E-state index in [0.717, 1.165) is 28.6 Å².